The van der Waals surface area contributed by atoms with E-state index in [0.29, 0.717) is 6.42 Å². The van der Waals surface area contributed by atoms with E-state index < -0.39 is 18.5 Å². The Hall–Kier alpha value is -0.940. The van der Waals surface area contributed by atoms with Crippen LogP contribution in [0.1, 0.15) is 12.0 Å². The molecule has 3 N–H and O–H groups in total. The molecule has 4 heteroatoms. The molecule has 1 aliphatic heterocycles. The second kappa shape index (κ2) is 5.60. The summed E-state index contributed by atoms with van der Waals surface area (Å²) in [7, 11) is 0. The van der Waals surface area contributed by atoms with Crippen molar-refractivity contribution in [2.75, 3.05) is 6.61 Å². The molecule has 1 saturated heterocycles. The summed E-state index contributed by atoms with van der Waals surface area (Å²) < 4.78 is 5.08. The number of aryl methyl sites for hydroxylation is 1. The van der Waals surface area contributed by atoms with Gasteiger partial charge in [-0.3, -0.25) is 0 Å². The lowest BCUT2D eigenvalue weighted by atomic mass is 9.91. The van der Waals surface area contributed by atoms with Crippen molar-refractivity contribution in [3.63, 3.8) is 0 Å². The quantitative estimate of drug-likeness (QED) is 0.706. The van der Waals surface area contributed by atoms with Crippen molar-refractivity contribution in [2.45, 2.75) is 31.3 Å². The molecule has 0 saturated carbocycles. The molecule has 1 aliphatic rings. The summed E-state index contributed by atoms with van der Waals surface area (Å²) in [6.45, 7) is -0.173. The molecule has 4 nitrogen and oxygen atoms in total. The fraction of sp³-hybridized carbons (Fsp3) is 0.538. The van der Waals surface area contributed by atoms with Gasteiger partial charge in [0.15, 0.2) is 6.29 Å². The minimum atomic E-state index is -1.17. The molecule has 17 heavy (non-hydrogen) atoms. The molecule has 0 bridgehead atoms. The summed E-state index contributed by atoms with van der Waals surface area (Å²) in [5, 5.41) is 28.3. The van der Waals surface area contributed by atoms with Gasteiger partial charge in [-0.05, 0) is 18.4 Å². The van der Waals surface area contributed by atoms with Crippen molar-refractivity contribution in [2.24, 2.45) is 5.92 Å². The molecule has 0 amide bonds. The topological polar surface area (TPSA) is 69.9 Å². The highest BCUT2D eigenvalue weighted by molar-refractivity contribution is 5.14. The Morgan fingerprint density at radius 2 is 1.82 bits per heavy atom. The van der Waals surface area contributed by atoms with E-state index in [0.717, 1.165) is 6.42 Å². The normalized spacial score (nSPS) is 32.9. The molecule has 1 aromatic rings. The lowest BCUT2D eigenvalue weighted by Gasteiger charge is -2.17. The van der Waals surface area contributed by atoms with Gasteiger partial charge < -0.3 is 20.1 Å². The molecule has 1 unspecified atom stereocenters. The number of benzene rings is 1. The van der Waals surface area contributed by atoms with E-state index >= 15 is 0 Å². The molecule has 0 radical (unpaired) electrons. The van der Waals surface area contributed by atoms with Gasteiger partial charge in [-0.2, -0.15) is 0 Å². The third-order valence-electron chi connectivity index (χ3n) is 3.31. The van der Waals surface area contributed by atoms with E-state index in [1.54, 1.807) is 0 Å². The van der Waals surface area contributed by atoms with Crippen LogP contribution >= 0.6 is 0 Å². The van der Waals surface area contributed by atoms with Crippen molar-refractivity contribution in [1.82, 2.24) is 0 Å². The highest BCUT2D eigenvalue weighted by atomic mass is 16.6. The van der Waals surface area contributed by atoms with E-state index in [9.17, 15) is 10.2 Å². The molecule has 0 aromatic heterocycles. The van der Waals surface area contributed by atoms with Gasteiger partial charge in [0.2, 0.25) is 0 Å². The second-order valence-electron chi connectivity index (χ2n) is 4.43. The van der Waals surface area contributed by atoms with Crippen LogP contribution in [-0.4, -0.2) is 40.4 Å². The fourth-order valence-corrected chi connectivity index (χ4v) is 2.30. The first-order valence-electron chi connectivity index (χ1n) is 5.88. The summed E-state index contributed by atoms with van der Waals surface area (Å²) >= 11 is 0. The Bertz CT molecular complexity index is 341. The summed E-state index contributed by atoms with van der Waals surface area (Å²) in [5.74, 6) is -0.213. The Labute approximate surface area is 100 Å². The number of aliphatic hydroxyl groups is 3. The van der Waals surface area contributed by atoms with Crippen LogP contribution in [0.4, 0.5) is 0 Å². The maximum Gasteiger partial charge on any atom is 0.181 e. The maximum absolute atomic E-state index is 9.75. The fourth-order valence-electron chi connectivity index (χ4n) is 2.30. The van der Waals surface area contributed by atoms with Gasteiger partial charge in [0.1, 0.15) is 6.10 Å². The Kier molecular flexibility index (Phi) is 4.12. The van der Waals surface area contributed by atoms with Crippen LogP contribution in [0.3, 0.4) is 0 Å². The average Bonchev–Trinajstić information content (AvgIpc) is 2.64. The highest BCUT2D eigenvalue weighted by Gasteiger charge is 2.41. The molecule has 2 rings (SSSR count). The molecule has 0 aliphatic carbocycles. The van der Waals surface area contributed by atoms with E-state index in [2.05, 4.69) is 0 Å². The molecule has 1 heterocycles. The number of aliphatic hydroxyl groups excluding tert-OH is 3. The van der Waals surface area contributed by atoms with Crippen molar-refractivity contribution < 1.29 is 20.1 Å². The Morgan fingerprint density at radius 3 is 2.47 bits per heavy atom. The average molecular weight is 238 g/mol. The molecular weight excluding hydrogens is 220 g/mol. The number of hydrogen-bond acceptors (Lipinski definition) is 4. The van der Waals surface area contributed by atoms with Gasteiger partial charge >= 0.3 is 0 Å². The van der Waals surface area contributed by atoms with Crippen molar-refractivity contribution >= 4 is 0 Å². The zero-order valence-corrected chi connectivity index (χ0v) is 9.57. The van der Waals surface area contributed by atoms with Crippen LogP contribution in [-0.2, 0) is 11.2 Å². The van der Waals surface area contributed by atoms with Gasteiger partial charge in [-0.15, -0.1) is 0 Å². The second-order valence-corrected chi connectivity index (χ2v) is 4.43. The first kappa shape index (κ1) is 12.5. The SMILES string of the molecule is OC[C@H]1O[C@H](O)C(O)[C@H]1CCc1ccccc1. The first-order valence-corrected chi connectivity index (χ1v) is 5.88. The summed E-state index contributed by atoms with van der Waals surface area (Å²) in [5.41, 5.74) is 1.18. The zero-order valence-electron chi connectivity index (χ0n) is 9.57. The van der Waals surface area contributed by atoms with Crippen LogP contribution in [0.15, 0.2) is 30.3 Å². The van der Waals surface area contributed by atoms with Gasteiger partial charge in [0.25, 0.3) is 0 Å². The largest absolute Gasteiger partial charge is 0.394 e. The molecule has 0 spiro atoms. The van der Waals surface area contributed by atoms with Gasteiger partial charge in [0, 0.05) is 5.92 Å². The van der Waals surface area contributed by atoms with Gasteiger partial charge in [-0.1, -0.05) is 30.3 Å². The van der Waals surface area contributed by atoms with E-state index in [-0.39, 0.29) is 12.5 Å². The van der Waals surface area contributed by atoms with Crippen LogP contribution < -0.4 is 0 Å². The van der Waals surface area contributed by atoms with Crippen molar-refractivity contribution in [3.8, 4) is 0 Å². The van der Waals surface area contributed by atoms with Crippen molar-refractivity contribution in [1.29, 1.82) is 0 Å². The summed E-state index contributed by atoms with van der Waals surface area (Å²) in [6.07, 6.45) is -1.06. The van der Waals surface area contributed by atoms with Crippen LogP contribution in [0.2, 0.25) is 0 Å². The minimum absolute atomic E-state index is 0.173. The van der Waals surface area contributed by atoms with Gasteiger partial charge in [-0.25, -0.2) is 0 Å². The van der Waals surface area contributed by atoms with Crippen LogP contribution in [0.25, 0.3) is 0 Å². The Balaban J connectivity index is 1.93. The van der Waals surface area contributed by atoms with E-state index in [1.807, 2.05) is 30.3 Å². The standard InChI is InChI=1S/C13H18O4/c14-8-11-10(12(15)13(16)17-11)7-6-9-4-2-1-3-5-9/h1-5,10-16H,6-8H2/t10-,11+,12?,13-/m0/s1. The number of ether oxygens (including phenoxy) is 1. The van der Waals surface area contributed by atoms with Crippen LogP contribution in [0.5, 0.6) is 0 Å². The number of hydrogen-bond donors (Lipinski definition) is 3. The highest BCUT2D eigenvalue weighted by Crippen LogP contribution is 2.29. The lowest BCUT2D eigenvalue weighted by molar-refractivity contribution is -0.132. The smallest absolute Gasteiger partial charge is 0.181 e. The summed E-state index contributed by atoms with van der Waals surface area (Å²) in [4.78, 5) is 0. The molecule has 94 valence electrons. The minimum Gasteiger partial charge on any atom is -0.394 e. The molecule has 1 aromatic carbocycles. The van der Waals surface area contributed by atoms with Gasteiger partial charge in [0.05, 0.1) is 12.7 Å². The predicted molar refractivity (Wildman–Crippen MR) is 62.2 cm³/mol. The zero-order chi connectivity index (χ0) is 12.3. The van der Waals surface area contributed by atoms with E-state index in [1.165, 1.54) is 5.56 Å². The first-order chi connectivity index (χ1) is 8.22. The lowest BCUT2D eigenvalue weighted by Crippen LogP contribution is -2.29. The maximum atomic E-state index is 9.75. The Morgan fingerprint density at radius 1 is 1.12 bits per heavy atom. The third kappa shape index (κ3) is 2.84. The predicted octanol–water partition coefficient (Wildman–Crippen LogP) is 0.306. The summed E-state index contributed by atoms with van der Waals surface area (Å²) in [6, 6.07) is 9.93. The van der Waals surface area contributed by atoms with E-state index in [4.69, 9.17) is 9.84 Å². The third-order valence-corrected chi connectivity index (χ3v) is 3.31. The molecule has 4 atom stereocenters. The monoisotopic (exact) mass is 238 g/mol. The van der Waals surface area contributed by atoms with Crippen LogP contribution in [0, 0.1) is 5.92 Å². The molecular formula is C13H18O4. The number of rotatable bonds is 4. The molecule has 1 fully saturated rings. The van der Waals surface area contributed by atoms with Crippen molar-refractivity contribution in [3.05, 3.63) is 35.9 Å².